The van der Waals surface area contributed by atoms with Crippen molar-refractivity contribution in [3.05, 3.63) is 92.9 Å². The molecule has 1 N–H and O–H groups in total. The van der Waals surface area contributed by atoms with Crippen LogP contribution in [0.25, 0.3) is 0 Å². The Bertz CT molecular complexity index is 1300. The molecule has 0 spiro atoms. The van der Waals surface area contributed by atoms with Gasteiger partial charge in [0.25, 0.3) is 15.9 Å². The summed E-state index contributed by atoms with van der Waals surface area (Å²) < 4.78 is 28.1. The highest BCUT2D eigenvalue weighted by molar-refractivity contribution is 7.94. The Morgan fingerprint density at radius 3 is 2.45 bits per heavy atom. The van der Waals surface area contributed by atoms with Crippen molar-refractivity contribution in [1.29, 1.82) is 0 Å². The first-order valence-corrected chi connectivity index (χ1v) is 12.4. The number of ketones is 1. The summed E-state index contributed by atoms with van der Waals surface area (Å²) >= 11 is 0. The smallest absolute Gasteiger partial charge is 0.267 e. The molecular weight excluding hydrogens is 436 g/mol. The predicted molar refractivity (Wildman–Crippen MR) is 128 cm³/mol. The van der Waals surface area contributed by atoms with E-state index in [2.05, 4.69) is 30.7 Å². The molecule has 33 heavy (non-hydrogen) atoms. The summed E-state index contributed by atoms with van der Waals surface area (Å²) in [5.74, 6) is -1.20. The summed E-state index contributed by atoms with van der Waals surface area (Å²) in [6.07, 6.45) is 4.34. The van der Waals surface area contributed by atoms with E-state index in [1.54, 1.807) is 13.0 Å². The number of aryl methyl sites for hydroxylation is 3. The van der Waals surface area contributed by atoms with Gasteiger partial charge in [-0.15, -0.1) is 0 Å². The molecule has 2 aromatic rings. The van der Waals surface area contributed by atoms with Crippen molar-refractivity contribution in [1.82, 2.24) is 9.62 Å². The lowest BCUT2D eigenvalue weighted by atomic mass is 9.90. The summed E-state index contributed by atoms with van der Waals surface area (Å²) in [4.78, 5) is 27.4. The molecule has 0 bridgehead atoms. The molecular formula is C26H28N2O4S. The average Bonchev–Trinajstić information content (AvgIpc) is 3.03. The summed E-state index contributed by atoms with van der Waals surface area (Å²) in [6, 6.07) is 11.8. The lowest BCUT2D eigenvalue weighted by Crippen LogP contribution is -2.52. The Morgan fingerprint density at radius 2 is 1.79 bits per heavy atom. The Labute approximate surface area is 195 Å². The number of benzene rings is 2. The number of carbonyl (C=O) groups is 2. The fraction of sp³-hybridized carbons (Fsp3) is 0.308. The number of rotatable bonds is 5. The number of sulfonamides is 1. The Hall–Kier alpha value is -3.03. The van der Waals surface area contributed by atoms with Gasteiger partial charge in [-0.3, -0.25) is 14.5 Å². The molecule has 1 atom stereocenters. The van der Waals surface area contributed by atoms with Gasteiger partial charge >= 0.3 is 0 Å². The van der Waals surface area contributed by atoms with Crippen molar-refractivity contribution in [2.45, 2.75) is 52.7 Å². The molecule has 1 heterocycles. The third kappa shape index (κ3) is 4.07. The minimum Gasteiger partial charge on any atom is -0.293 e. The monoisotopic (exact) mass is 464 g/mol. The zero-order valence-corrected chi connectivity index (χ0v) is 20.1. The van der Waals surface area contributed by atoms with Crippen LogP contribution in [0.3, 0.4) is 0 Å². The fourth-order valence-electron chi connectivity index (χ4n) is 4.84. The van der Waals surface area contributed by atoms with Crippen LogP contribution in [-0.4, -0.2) is 25.0 Å². The van der Waals surface area contributed by atoms with E-state index in [-0.39, 0.29) is 11.3 Å². The van der Waals surface area contributed by atoms with E-state index < -0.39 is 27.3 Å². The summed E-state index contributed by atoms with van der Waals surface area (Å²) in [5, 5.41) is 0. The van der Waals surface area contributed by atoms with E-state index in [0.29, 0.717) is 13.1 Å². The van der Waals surface area contributed by atoms with Crippen molar-refractivity contribution in [2.24, 2.45) is 0 Å². The first-order chi connectivity index (χ1) is 15.5. The minimum atomic E-state index is -4.29. The van der Waals surface area contributed by atoms with Gasteiger partial charge in [0.05, 0.1) is 0 Å². The third-order valence-corrected chi connectivity index (χ3v) is 8.04. The van der Waals surface area contributed by atoms with Gasteiger partial charge in [-0.2, -0.15) is 0 Å². The number of Topliss-reactive ketones (excluding diaryl/α,β-unsaturated/α-hetero) is 1. The molecule has 1 aliphatic heterocycles. The number of hydrogen-bond acceptors (Lipinski definition) is 5. The van der Waals surface area contributed by atoms with Gasteiger partial charge in [0.15, 0.2) is 5.78 Å². The number of fused-ring (bicyclic) bond motifs is 1. The van der Waals surface area contributed by atoms with Crippen LogP contribution in [0, 0.1) is 20.8 Å². The second-order valence-electron chi connectivity index (χ2n) is 8.98. The van der Waals surface area contributed by atoms with Gasteiger partial charge in [0, 0.05) is 19.5 Å². The van der Waals surface area contributed by atoms with Crippen molar-refractivity contribution < 1.29 is 18.0 Å². The van der Waals surface area contributed by atoms with E-state index in [9.17, 15) is 18.0 Å². The largest absolute Gasteiger partial charge is 0.293 e. The van der Waals surface area contributed by atoms with Gasteiger partial charge in [0.2, 0.25) is 0 Å². The van der Waals surface area contributed by atoms with E-state index in [0.717, 1.165) is 27.8 Å². The highest BCUT2D eigenvalue weighted by Crippen LogP contribution is 2.41. The maximum Gasteiger partial charge on any atom is 0.267 e. The number of nitrogens with one attached hydrogen (secondary N) is 1. The molecule has 0 aromatic heterocycles. The van der Waals surface area contributed by atoms with Crippen molar-refractivity contribution >= 4 is 21.7 Å². The van der Waals surface area contributed by atoms with Crippen LogP contribution in [0.2, 0.25) is 0 Å². The van der Waals surface area contributed by atoms with Crippen LogP contribution in [0.5, 0.6) is 0 Å². The summed E-state index contributed by atoms with van der Waals surface area (Å²) in [5.41, 5.74) is 5.07. The van der Waals surface area contributed by atoms with Gasteiger partial charge in [-0.25, -0.2) is 13.1 Å². The summed E-state index contributed by atoms with van der Waals surface area (Å²) in [7, 11) is -4.29. The molecule has 2 aliphatic rings. The number of amides is 1. The SMILES string of the molecule is Cc1cc(C)c(CN2Cc3ccccc3C2(C)C(=O)NS(=O)(=O)C2=CC=CCC2=O)c(C)c1. The standard InChI is InChI=1S/C26H28N2O4S/c1-17-13-18(2)21(19(3)14-17)16-28-15-20-9-5-6-10-22(20)26(28,4)25(30)27-33(31,32)24-12-8-7-11-23(24)29/h5-10,12-14H,11,15-16H2,1-4H3,(H,27,30). The Balaban J connectivity index is 1.73. The fourth-order valence-corrected chi connectivity index (χ4v) is 6.03. The normalized spacial score (nSPS) is 20.5. The maximum absolute atomic E-state index is 13.6. The van der Waals surface area contributed by atoms with Gasteiger partial charge in [-0.1, -0.05) is 54.1 Å². The molecule has 1 amide bonds. The van der Waals surface area contributed by atoms with Crippen LogP contribution in [-0.2, 0) is 38.2 Å². The lowest BCUT2D eigenvalue weighted by molar-refractivity contribution is -0.131. The highest BCUT2D eigenvalue weighted by atomic mass is 32.2. The van der Waals surface area contributed by atoms with E-state index in [1.807, 2.05) is 36.1 Å². The third-order valence-electron chi connectivity index (χ3n) is 6.65. The molecule has 7 heteroatoms. The number of allylic oxidation sites excluding steroid dienone is 4. The average molecular weight is 465 g/mol. The Kier molecular flexibility index (Phi) is 5.88. The maximum atomic E-state index is 13.6. The highest BCUT2D eigenvalue weighted by Gasteiger charge is 2.48. The molecule has 1 aliphatic carbocycles. The lowest BCUT2D eigenvalue weighted by Gasteiger charge is -2.35. The second-order valence-corrected chi connectivity index (χ2v) is 10.6. The molecule has 0 fully saturated rings. The first kappa shape index (κ1) is 23.1. The zero-order valence-electron chi connectivity index (χ0n) is 19.3. The molecule has 0 saturated heterocycles. The first-order valence-electron chi connectivity index (χ1n) is 10.9. The topological polar surface area (TPSA) is 83.6 Å². The van der Waals surface area contributed by atoms with E-state index >= 15 is 0 Å². The van der Waals surface area contributed by atoms with Crippen LogP contribution in [0.15, 0.2) is 59.5 Å². The second kappa shape index (κ2) is 8.39. The molecule has 6 nitrogen and oxygen atoms in total. The van der Waals surface area contributed by atoms with E-state index in [4.69, 9.17) is 0 Å². The number of carbonyl (C=O) groups excluding carboxylic acids is 2. The van der Waals surface area contributed by atoms with Crippen molar-refractivity contribution in [3.63, 3.8) is 0 Å². The van der Waals surface area contributed by atoms with E-state index in [1.165, 1.54) is 17.7 Å². The molecule has 0 radical (unpaired) electrons. The minimum absolute atomic E-state index is 0.000855. The number of hydrogen-bond donors (Lipinski definition) is 1. The summed E-state index contributed by atoms with van der Waals surface area (Å²) in [6.45, 7) is 8.90. The van der Waals surface area contributed by atoms with Crippen molar-refractivity contribution in [3.8, 4) is 0 Å². The van der Waals surface area contributed by atoms with Crippen LogP contribution < -0.4 is 4.72 Å². The van der Waals surface area contributed by atoms with Gasteiger partial charge < -0.3 is 0 Å². The number of nitrogens with zero attached hydrogens (tertiary/aromatic N) is 1. The van der Waals surface area contributed by atoms with Crippen molar-refractivity contribution in [2.75, 3.05) is 0 Å². The molecule has 172 valence electrons. The zero-order chi connectivity index (χ0) is 24.0. The van der Waals surface area contributed by atoms with Crippen LogP contribution >= 0.6 is 0 Å². The van der Waals surface area contributed by atoms with Gasteiger partial charge in [-0.05, 0) is 61.6 Å². The quantitative estimate of drug-likeness (QED) is 0.730. The van der Waals surface area contributed by atoms with Crippen LogP contribution in [0.1, 0.15) is 46.7 Å². The molecule has 0 saturated carbocycles. The predicted octanol–water partition coefficient (Wildman–Crippen LogP) is 3.70. The molecule has 2 aromatic carbocycles. The molecule has 4 rings (SSSR count). The molecule has 1 unspecified atom stereocenters. The Morgan fingerprint density at radius 1 is 1.12 bits per heavy atom. The van der Waals surface area contributed by atoms with Gasteiger partial charge in [0.1, 0.15) is 10.4 Å². The van der Waals surface area contributed by atoms with Crippen LogP contribution in [0.4, 0.5) is 0 Å².